The lowest BCUT2D eigenvalue weighted by atomic mass is 10.1. The lowest BCUT2D eigenvalue weighted by Gasteiger charge is -2.26. The van der Waals surface area contributed by atoms with Crippen molar-refractivity contribution in [3.05, 3.63) is 77.7 Å². The van der Waals surface area contributed by atoms with Crippen molar-refractivity contribution in [3.63, 3.8) is 0 Å². The van der Waals surface area contributed by atoms with Crippen LogP contribution < -0.4 is 5.32 Å². The molecule has 1 saturated heterocycles. The van der Waals surface area contributed by atoms with Crippen molar-refractivity contribution in [2.75, 3.05) is 31.6 Å². The highest BCUT2D eigenvalue weighted by molar-refractivity contribution is 7.89. The third-order valence-electron chi connectivity index (χ3n) is 5.47. The van der Waals surface area contributed by atoms with E-state index in [9.17, 15) is 13.2 Å². The van der Waals surface area contributed by atoms with E-state index in [0.717, 1.165) is 22.0 Å². The molecular weight excluding hydrogens is 458 g/mol. The van der Waals surface area contributed by atoms with Crippen molar-refractivity contribution in [2.24, 2.45) is 0 Å². The first-order valence-corrected chi connectivity index (χ1v) is 12.8. The van der Waals surface area contributed by atoms with E-state index in [4.69, 9.17) is 4.74 Å². The molecule has 1 amide bonds. The van der Waals surface area contributed by atoms with Gasteiger partial charge in [0.05, 0.1) is 23.8 Å². The van der Waals surface area contributed by atoms with Gasteiger partial charge in [0.1, 0.15) is 0 Å². The molecule has 0 unspecified atom stereocenters. The average Bonchev–Trinajstić information content (AvgIpc) is 3.33. The number of fused-ring (bicyclic) bond motifs is 1. The summed E-state index contributed by atoms with van der Waals surface area (Å²) in [5.74, 6) is -0.409. The Morgan fingerprint density at radius 3 is 2.58 bits per heavy atom. The summed E-state index contributed by atoms with van der Waals surface area (Å²) in [6.45, 7) is 1.33. The highest BCUT2D eigenvalue weighted by Gasteiger charge is 2.27. The molecule has 2 heterocycles. The fourth-order valence-corrected chi connectivity index (χ4v) is 5.88. The topological polar surface area (TPSA) is 88.6 Å². The number of nitrogens with zero attached hydrogens (tertiary/aromatic N) is 2. The van der Waals surface area contributed by atoms with Gasteiger partial charge in [-0.25, -0.2) is 13.4 Å². The largest absolute Gasteiger partial charge is 0.379 e. The van der Waals surface area contributed by atoms with Gasteiger partial charge in [-0.1, -0.05) is 42.5 Å². The molecule has 1 fully saturated rings. The normalized spacial score (nSPS) is 14.9. The molecule has 7 nitrogen and oxygen atoms in total. The molecule has 5 rings (SSSR count). The first-order valence-electron chi connectivity index (χ1n) is 10.4. The van der Waals surface area contributed by atoms with Gasteiger partial charge < -0.3 is 4.74 Å². The number of amides is 1. The summed E-state index contributed by atoms with van der Waals surface area (Å²) in [7, 11) is -3.68. The molecule has 0 atom stereocenters. The number of anilines is 1. The first-order chi connectivity index (χ1) is 16.0. The second kappa shape index (κ2) is 9.03. The monoisotopic (exact) mass is 479 g/mol. The molecule has 168 valence electrons. The Balaban J connectivity index is 1.34. The fourth-order valence-electron chi connectivity index (χ4n) is 3.72. The Morgan fingerprint density at radius 2 is 1.76 bits per heavy atom. The van der Waals surface area contributed by atoms with Crippen LogP contribution in [0.2, 0.25) is 0 Å². The fraction of sp³-hybridized carbons (Fsp3) is 0.167. The summed E-state index contributed by atoms with van der Waals surface area (Å²) in [4.78, 5) is 17.5. The molecule has 1 aromatic heterocycles. The highest BCUT2D eigenvalue weighted by Crippen LogP contribution is 2.28. The van der Waals surface area contributed by atoms with Gasteiger partial charge in [0.25, 0.3) is 5.91 Å². The van der Waals surface area contributed by atoms with Crippen molar-refractivity contribution >= 4 is 43.2 Å². The van der Waals surface area contributed by atoms with E-state index in [0.29, 0.717) is 31.4 Å². The number of ether oxygens (including phenoxy) is 1. The number of carbonyl (C=O) groups is 1. The van der Waals surface area contributed by atoms with E-state index < -0.39 is 15.9 Å². The molecular formula is C24H21N3O4S2. The van der Waals surface area contributed by atoms with Crippen LogP contribution >= 0.6 is 11.3 Å². The summed E-state index contributed by atoms with van der Waals surface area (Å²) in [5, 5.41) is 7.39. The van der Waals surface area contributed by atoms with Crippen LogP contribution in [0.1, 0.15) is 10.4 Å². The zero-order valence-corrected chi connectivity index (χ0v) is 19.2. The van der Waals surface area contributed by atoms with Gasteiger partial charge in [-0.05, 0) is 35.0 Å². The van der Waals surface area contributed by atoms with Gasteiger partial charge in [-0.15, -0.1) is 11.3 Å². The van der Waals surface area contributed by atoms with Crippen LogP contribution in [-0.2, 0) is 14.8 Å². The van der Waals surface area contributed by atoms with Crippen LogP contribution in [-0.4, -0.2) is 49.9 Å². The molecule has 1 aliphatic heterocycles. The molecule has 9 heteroatoms. The van der Waals surface area contributed by atoms with Gasteiger partial charge in [0.15, 0.2) is 5.13 Å². The van der Waals surface area contributed by atoms with E-state index in [2.05, 4.69) is 22.4 Å². The zero-order chi connectivity index (χ0) is 22.8. The van der Waals surface area contributed by atoms with Crippen LogP contribution in [0.25, 0.3) is 22.0 Å². The lowest BCUT2D eigenvalue weighted by molar-refractivity contribution is 0.0730. The van der Waals surface area contributed by atoms with Crippen LogP contribution in [0.15, 0.2) is 77.0 Å². The third-order valence-corrected chi connectivity index (χ3v) is 8.13. The summed E-state index contributed by atoms with van der Waals surface area (Å²) in [5.41, 5.74) is 1.99. The molecule has 4 aromatic rings. The number of hydrogen-bond donors (Lipinski definition) is 1. The van der Waals surface area contributed by atoms with Crippen LogP contribution in [0.5, 0.6) is 0 Å². The minimum absolute atomic E-state index is 0.0908. The maximum Gasteiger partial charge on any atom is 0.257 e. The van der Waals surface area contributed by atoms with Crippen molar-refractivity contribution in [1.82, 2.24) is 9.29 Å². The Bertz CT molecular complexity index is 1430. The number of thiazole rings is 1. The quantitative estimate of drug-likeness (QED) is 0.463. The molecule has 0 saturated carbocycles. The number of carbonyl (C=O) groups excluding carboxylic acids is 1. The maximum atomic E-state index is 12.9. The van der Waals surface area contributed by atoms with E-state index in [1.54, 1.807) is 12.1 Å². The molecule has 0 aliphatic carbocycles. The summed E-state index contributed by atoms with van der Waals surface area (Å²) in [6, 6.07) is 20.3. The molecule has 1 N–H and O–H groups in total. The van der Waals surface area contributed by atoms with Crippen molar-refractivity contribution in [2.45, 2.75) is 4.90 Å². The Kier molecular flexibility index (Phi) is 5.94. The lowest BCUT2D eigenvalue weighted by Crippen LogP contribution is -2.40. The maximum absolute atomic E-state index is 12.9. The van der Waals surface area contributed by atoms with Crippen molar-refractivity contribution < 1.29 is 17.9 Å². The van der Waals surface area contributed by atoms with Gasteiger partial charge in [-0.3, -0.25) is 10.1 Å². The Labute approximate surface area is 195 Å². The summed E-state index contributed by atoms with van der Waals surface area (Å²) < 4.78 is 32.4. The SMILES string of the molecule is O=C(Nc1nc(-c2ccc3ccccc3c2)cs1)c1cccc(S(=O)(=O)N2CCOCC2)c1. The second-order valence-corrected chi connectivity index (χ2v) is 10.4. The number of sulfonamides is 1. The smallest absolute Gasteiger partial charge is 0.257 e. The molecule has 1 aliphatic rings. The standard InChI is InChI=1S/C24H21N3O4S2/c28-23(20-6-3-7-21(15-20)33(29,30)27-10-12-31-13-11-27)26-24-25-22(16-32-24)19-9-8-17-4-1-2-5-18(17)14-19/h1-9,14-16H,10-13H2,(H,25,26,28). The van der Waals surface area contributed by atoms with E-state index in [1.807, 2.05) is 35.7 Å². The molecule has 0 bridgehead atoms. The van der Waals surface area contributed by atoms with Gasteiger partial charge >= 0.3 is 0 Å². The van der Waals surface area contributed by atoms with Crippen LogP contribution in [0.4, 0.5) is 5.13 Å². The van der Waals surface area contributed by atoms with Crippen molar-refractivity contribution in [3.8, 4) is 11.3 Å². The number of hydrogen-bond acceptors (Lipinski definition) is 6. The van der Waals surface area contributed by atoms with Crippen molar-refractivity contribution in [1.29, 1.82) is 0 Å². The van der Waals surface area contributed by atoms with E-state index in [-0.39, 0.29) is 10.5 Å². The Hall–Kier alpha value is -3.11. The van der Waals surface area contributed by atoms with Crippen LogP contribution in [0, 0.1) is 0 Å². The van der Waals surface area contributed by atoms with Gasteiger partial charge in [-0.2, -0.15) is 4.31 Å². The molecule has 0 radical (unpaired) electrons. The zero-order valence-electron chi connectivity index (χ0n) is 17.6. The Morgan fingerprint density at radius 1 is 0.970 bits per heavy atom. The second-order valence-electron chi connectivity index (χ2n) is 7.60. The number of aromatic nitrogens is 1. The number of rotatable bonds is 5. The summed E-state index contributed by atoms with van der Waals surface area (Å²) >= 11 is 1.32. The number of morpholine rings is 1. The molecule has 0 spiro atoms. The third kappa shape index (κ3) is 4.53. The van der Waals surface area contributed by atoms with Gasteiger partial charge in [0, 0.05) is 29.6 Å². The van der Waals surface area contributed by atoms with Gasteiger partial charge in [0.2, 0.25) is 10.0 Å². The van der Waals surface area contributed by atoms with Crippen LogP contribution in [0.3, 0.4) is 0 Å². The minimum atomic E-state index is -3.68. The predicted molar refractivity (Wildman–Crippen MR) is 129 cm³/mol. The van der Waals surface area contributed by atoms with E-state index in [1.165, 1.54) is 27.8 Å². The van der Waals surface area contributed by atoms with E-state index >= 15 is 0 Å². The average molecular weight is 480 g/mol. The summed E-state index contributed by atoms with van der Waals surface area (Å²) in [6.07, 6.45) is 0. The number of benzene rings is 3. The first kappa shape index (κ1) is 21.7. The predicted octanol–water partition coefficient (Wildman–Crippen LogP) is 4.24. The number of nitrogens with one attached hydrogen (secondary N) is 1. The molecule has 33 heavy (non-hydrogen) atoms. The molecule has 3 aromatic carbocycles. The minimum Gasteiger partial charge on any atom is -0.379 e. The highest BCUT2D eigenvalue weighted by atomic mass is 32.2.